The molecule has 0 saturated carbocycles. The highest BCUT2D eigenvalue weighted by atomic mass is 32.2. The quantitative estimate of drug-likeness (QED) is 0.659. The Balaban J connectivity index is 2.63. The van der Waals surface area contributed by atoms with Crippen LogP contribution in [0.5, 0.6) is 0 Å². The molecule has 0 fully saturated rings. The van der Waals surface area contributed by atoms with Gasteiger partial charge in [0.2, 0.25) is 5.91 Å². The Hall–Kier alpha value is -2.45. The maximum atomic E-state index is 11.4. The third-order valence-corrected chi connectivity index (χ3v) is 3.50. The van der Waals surface area contributed by atoms with Gasteiger partial charge in [-0.1, -0.05) is 0 Å². The third kappa shape index (κ3) is 3.36. The van der Waals surface area contributed by atoms with Gasteiger partial charge in [0, 0.05) is 18.2 Å². The van der Waals surface area contributed by atoms with Gasteiger partial charge in [0.05, 0.1) is 0 Å². The zero-order valence-corrected chi connectivity index (χ0v) is 11.7. The number of carbonyl (C=O) groups is 2. The molecule has 2 aromatic rings. The largest absolute Gasteiger partial charge is 0.453 e. The highest BCUT2D eigenvalue weighted by Gasteiger charge is 2.19. The Morgan fingerprint density at radius 3 is 2.52 bits per heavy atom. The van der Waals surface area contributed by atoms with Crippen molar-refractivity contribution in [2.45, 2.75) is 11.8 Å². The van der Waals surface area contributed by atoms with Crippen molar-refractivity contribution in [3.05, 3.63) is 36.1 Å². The molecule has 0 aliphatic heterocycles. The standard InChI is InChI=1S/C13H11NO6S/c1-8(16)14-9-2-5-13(21(17,18)19)11(6-9)12-4-3-10(7-15)20-12/h2-7H,1H3,(H,14,16)(H,17,18,19). The van der Waals surface area contributed by atoms with E-state index >= 15 is 0 Å². The lowest BCUT2D eigenvalue weighted by Crippen LogP contribution is -2.07. The van der Waals surface area contributed by atoms with E-state index in [-0.39, 0.29) is 27.9 Å². The number of nitrogens with one attached hydrogen (secondary N) is 1. The van der Waals surface area contributed by atoms with Crippen LogP contribution in [0.15, 0.2) is 39.6 Å². The van der Waals surface area contributed by atoms with E-state index in [0.29, 0.717) is 12.0 Å². The number of hydrogen-bond acceptors (Lipinski definition) is 5. The van der Waals surface area contributed by atoms with Gasteiger partial charge in [0.15, 0.2) is 12.0 Å². The van der Waals surface area contributed by atoms with Crippen LogP contribution in [-0.4, -0.2) is 25.2 Å². The molecule has 1 amide bonds. The number of furan rings is 1. The van der Waals surface area contributed by atoms with Crippen molar-refractivity contribution in [3.63, 3.8) is 0 Å². The Morgan fingerprint density at radius 1 is 1.29 bits per heavy atom. The number of rotatable bonds is 4. The molecule has 8 heteroatoms. The van der Waals surface area contributed by atoms with Gasteiger partial charge in [0.1, 0.15) is 10.7 Å². The minimum atomic E-state index is -4.49. The van der Waals surface area contributed by atoms with Crippen LogP contribution in [0.25, 0.3) is 11.3 Å². The second-order valence-corrected chi connectivity index (χ2v) is 5.58. The van der Waals surface area contributed by atoms with Crippen LogP contribution in [0, 0.1) is 0 Å². The monoisotopic (exact) mass is 309 g/mol. The van der Waals surface area contributed by atoms with Crippen molar-refractivity contribution in [1.29, 1.82) is 0 Å². The molecular formula is C13H11NO6S. The summed E-state index contributed by atoms with van der Waals surface area (Å²) in [5.74, 6) is -0.248. The Bertz CT molecular complexity index is 806. The number of amides is 1. The molecule has 0 radical (unpaired) electrons. The van der Waals surface area contributed by atoms with Gasteiger partial charge in [-0.05, 0) is 30.3 Å². The summed E-state index contributed by atoms with van der Waals surface area (Å²) in [4.78, 5) is 21.3. The normalized spacial score (nSPS) is 11.1. The smallest absolute Gasteiger partial charge is 0.295 e. The molecule has 0 saturated heterocycles. The predicted molar refractivity (Wildman–Crippen MR) is 73.6 cm³/mol. The maximum Gasteiger partial charge on any atom is 0.295 e. The number of hydrogen-bond donors (Lipinski definition) is 2. The van der Waals surface area contributed by atoms with E-state index < -0.39 is 10.1 Å². The van der Waals surface area contributed by atoms with Crippen LogP contribution in [-0.2, 0) is 14.9 Å². The first-order chi connectivity index (χ1) is 9.81. The Kier molecular flexibility index (Phi) is 3.92. The van der Waals surface area contributed by atoms with Crippen LogP contribution in [0.2, 0.25) is 0 Å². The first kappa shape index (κ1) is 14.9. The summed E-state index contributed by atoms with van der Waals surface area (Å²) < 4.78 is 37.2. The predicted octanol–water partition coefficient (Wildman–Crippen LogP) is 1.96. The van der Waals surface area contributed by atoms with Gasteiger partial charge in [-0.25, -0.2) is 0 Å². The fraction of sp³-hybridized carbons (Fsp3) is 0.0769. The van der Waals surface area contributed by atoms with E-state index in [4.69, 9.17) is 4.42 Å². The third-order valence-electron chi connectivity index (χ3n) is 2.59. The van der Waals surface area contributed by atoms with Crippen molar-refractivity contribution in [1.82, 2.24) is 0 Å². The van der Waals surface area contributed by atoms with Gasteiger partial charge in [0.25, 0.3) is 10.1 Å². The number of aldehydes is 1. The average Bonchev–Trinajstić information content (AvgIpc) is 2.85. The van der Waals surface area contributed by atoms with E-state index in [0.717, 1.165) is 6.07 Å². The molecule has 7 nitrogen and oxygen atoms in total. The highest BCUT2D eigenvalue weighted by molar-refractivity contribution is 7.86. The van der Waals surface area contributed by atoms with Crippen molar-refractivity contribution in [2.24, 2.45) is 0 Å². The van der Waals surface area contributed by atoms with Gasteiger partial charge >= 0.3 is 0 Å². The molecule has 0 aliphatic carbocycles. The van der Waals surface area contributed by atoms with Crippen molar-refractivity contribution >= 4 is 28.0 Å². The van der Waals surface area contributed by atoms with Gasteiger partial charge in [-0.2, -0.15) is 8.42 Å². The molecular weight excluding hydrogens is 298 g/mol. The molecule has 0 spiro atoms. The molecule has 1 aromatic heterocycles. The fourth-order valence-electron chi connectivity index (χ4n) is 1.79. The van der Waals surface area contributed by atoms with E-state index in [1.54, 1.807) is 0 Å². The molecule has 2 N–H and O–H groups in total. The van der Waals surface area contributed by atoms with Crippen molar-refractivity contribution in [3.8, 4) is 11.3 Å². The lowest BCUT2D eigenvalue weighted by atomic mass is 10.1. The van der Waals surface area contributed by atoms with E-state index in [1.807, 2.05) is 0 Å². The Morgan fingerprint density at radius 2 is 2.00 bits per heavy atom. The lowest BCUT2D eigenvalue weighted by Gasteiger charge is -2.08. The summed E-state index contributed by atoms with van der Waals surface area (Å²) in [5.41, 5.74) is 0.366. The lowest BCUT2D eigenvalue weighted by molar-refractivity contribution is -0.114. The van der Waals surface area contributed by atoms with Gasteiger partial charge < -0.3 is 9.73 Å². The number of benzene rings is 1. The SMILES string of the molecule is CC(=O)Nc1ccc(S(=O)(=O)O)c(-c2ccc(C=O)o2)c1. The van der Waals surface area contributed by atoms with Crippen LogP contribution < -0.4 is 5.32 Å². The zero-order valence-electron chi connectivity index (χ0n) is 10.9. The molecule has 2 rings (SSSR count). The number of anilines is 1. The van der Waals surface area contributed by atoms with Crippen LogP contribution >= 0.6 is 0 Å². The molecule has 21 heavy (non-hydrogen) atoms. The van der Waals surface area contributed by atoms with Crippen LogP contribution in [0.4, 0.5) is 5.69 Å². The highest BCUT2D eigenvalue weighted by Crippen LogP contribution is 2.31. The van der Waals surface area contributed by atoms with E-state index in [2.05, 4.69) is 5.32 Å². The Labute approximate surface area is 120 Å². The minimum Gasteiger partial charge on any atom is -0.453 e. The fourth-order valence-corrected chi connectivity index (χ4v) is 2.47. The summed E-state index contributed by atoms with van der Waals surface area (Å²) in [7, 11) is -4.49. The van der Waals surface area contributed by atoms with Crippen molar-refractivity contribution in [2.75, 3.05) is 5.32 Å². The summed E-state index contributed by atoms with van der Waals surface area (Å²) in [5, 5.41) is 2.49. The minimum absolute atomic E-state index is 0.0104. The molecule has 0 atom stereocenters. The second kappa shape index (κ2) is 5.51. The topological polar surface area (TPSA) is 114 Å². The van der Waals surface area contributed by atoms with Gasteiger partial charge in [-0.3, -0.25) is 14.1 Å². The first-order valence-electron chi connectivity index (χ1n) is 5.76. The average molecular weight is 309 g/mol. The zero-order chi connectivity index (χ0) is 15.6. The summed E-state index contributed by atoms with van der Waals surface area (Å²) >= 11 is 0. The first-order valence-corrected chi connectivity index (χ1v) is 7.20. The van der Waals surface area contributed by atoms with Gasteiger partial charge in [-0.15, -0.1) is 0 Å². The van der Waals surface area contributed by atoms with E-state index in [1.165, 1.54) is 31.2 Å². The molecule has 1 aromatic carbocycles. The maximum absolute atomic E-state index is 11.4. The molecule has 1 heterocycles. The second-order valence-electron chi connectivity index (χ2n) is 4.19. The van der Waals surface area contributed by atoms with Crippen LogP contribution in [0.1, 0.15) is 17.5 Å². The summed E-state index contributed by atoms with van der Waals surface area (Å²) in [6, 6.07) is 6.56. The van der Waals surface area contributed by atoms with Crippen LogP contribution in [0.3, 0.4) is 0 Å². The molecule has 0 bridgehead atoms. The molecule has 110 valence electrons. The molecule has 0 unspecified atom stereocenters. The summed E-state index contributed by atoms with van der Waals surface area (Å²) in [6.45, 7) is 1.30. The summed E-state index contributed by atoms with van der Waals surface area (Å²) in [6.07, 6.45) is 0.467. The van der Waals surface area contributed by atoms with Crippen molar-refractivity contribution < 1.29 is 27.0 Å². The van der Waals surface area contributed by atoms with E-state index in [9.17, 15) is 22.6 Å². The number of carbonyl (C=O) groups excluding carboxylic acids is 2. The molecule has 0 aliphatic rings.